The first kappa shape index (κ1) is 22.3. The fourth-order valence-corrected chi connectivity index (χ4v) is 4.35. The van der Waals surface area contributed by atoms with Crippen molar-refractivity contribution in [2.75, 3.05) is 13.1 Å². The molecule has 1 fully saturated rings. The van der Waals surface area contributed by atoms with Crippen LogP contribution >= 0.6 is 0 Å². The summed E-state index contributed by atoms with van der Waals surface area (Å²) < 4.78 is 43.0. The van der Waals surface area contributed by atoms with Gasteiger partial charge in [-0.3, -0.25) is 9.30 Å². The van der Waals surface area contributed by atoms with Gasteiger partial charge in [0.25, 0.3) is 0 Å². The minimum Gasteiger partial charge on any atom is -0.298 e. The molecule has 162 valence electrons. The summed E-state index contributed by atoms with van der Waals surface area (Å²) in [6.07, 6.45) is -0.855. The van der Waals surface area contributed by atoms with Crippen molar-refractivity contribution in [3.63, 3.8) is 0 Å². The van der Waals surface area contributed by atoms with Gasteiger partial charge < -0.3 is 0 Å². The second kappa shape index (κ2) is 8.76. The largest absolute Gasteiger partial charge is 0.420 e. The van der Waals surface area contributed by atoms with Crippen LogP contribution in [0.5, 0.6) is 0 Å². The maximum absolute atomic E-state index is 13.9. The maximum atomic E-state index is 13.9. The summed E-state index contributed by atoms with van der Waals surface area (Å²) in [5.41, 5.74) is 0.630. The Balaban J connectivity index is 0.00000124. The van der Waals surface area contributed by atoms with E-state index in [-0.39, 0.29) is 23.2 Å². The number of likely N-dealkylation sites (tertiary alicyclic amines) is 1. The molecule has 0 amide bonds. The number of fused-ring (bicyclic) bond motifs is 1. The Morgan fingerprint density at radius 1 is 1.07 bits per heavy atom. The number of rotatable bonds is 3. The Labute approximate surface area is 175 Å². The van der Waals surface area contributed by atoms with Crippen molar-refractivity contribution in [1.29, 1.82) is 0 Å². The third-order valence-corrected chi connectivity index (χ3v) is 5.76. The topological polar surface area (TPSA) is 33.4 Å². The molecule has 1 unspecified atom stereocenters. The summed E-state index contributed by atoms with van der Waals surface area (Å²) in [6, 6.07) is 11.8. The molecule has 7 heteroatoms. The van der Waals surface area contributed by atoms with Crippen molar-refractivity contribution in [3.05, 3.63) is 65.1 Å². The fourth-order valence-electron chi connectivity index (χ4n) is 4.35. The lowest BCUT2D eigenvalue weighted by atomic mass is 9.76. The zero-order valence-corrected chi connectivity index (χ0v) is 18.0. The molecule has 0 bridgehead atoms. The standard InChI is InChI=1S/C21H23F3N4.C2H6/c1-15-25-26-19-18(21(22,23)24)16(9-12-28(15)19)13-27-11-6-10-20(2,14-27)17-7-4-3-5-8-17;1-2/h3-5,7-9,12H,6,10-11,13-14H2,1-2H3;1-2H3. The molecule has 4 rings (SSSR count). The van der Waals surface area contributed by atoms with Crippen LogP contribution < -0.4 is 0 Å². The predicted molar refractivity (Wildman–Crippen MR) is 112 cm³/mol. The minimum absolute atomic E-state index is 0.0620. The van der Waals surface area contributed by atoms with E-state index in [1.165, 1.54) is 9.96 Å². The van der Waals surface area contributed by atoms with Crippen LogP contribution in [0.3, 0.4) is 0 Å². The molecule has 3 heterocycles. The fraction of sp³-hybridized carbons (Fsp3) is 0.478. The number of benzene rings is 1. The van der Waals surface area contributed by atoms with E-state index in [9.17, 15) is 13.2 Å². The first-order valence-corrected chi connectivity index (χ1v) is 10.5. The zero-order chi connectivity index (χ0) is 21.9. The number of aromatic nitrogens is 3. The van der Waals surface area contributed by atoms with E-state index >= 15 is 0 Å². The zero-order valence-electron chi connectivity index (χ0n) is 18.0. The van der Waals surface area contributed by atoms with Gasteiger partial charge in [0.15, 0.2) is 5.65 Å². The van der Waals surface area contributed by atoms with Crippen molar-refractivity contribution in [2.24, 2.45) is 0 Å². The molecule has 1 saturated heterocycles. The molecule has 1 aliphatic heterocycles. The third kappa shape index (κ3) is 4.36. The van der Waals surface area contributed by atoms with Gasteiger partial charge in [-0.25, -0.2) is 0 Å². The van der Waals surface area contributed by atoms with Gasteiger partial charge in [0.05, 0.1) is 0 Å². The molecule has 1 atom stereocenters. The van der Waals surface area contributed by atoms with Crippen LogP contribution in [0, 0.1) is 6.92 Å². The van der Waals surface area contributed by atoms with Gasteiger partial charge in [-0.05, 0) is 43.5 Å². The Bertz CT molecular complexity index is 981. The highest BCUT2D eigenvalue weighted by Gasteiger charge is 2.39. The summed E-state index contributed by atoms with van der Waals surface area (Å²) in [5, 5.41) is 7.61. The number of alkyl halides is 3. The molecule has 0 spiro atoms. The predicted octanol–water partition coefficient (Wildman–Crippen LogP) is 5.64. The van der Waals surface area contributed by atoms with Gasteiger partial charge >= 0.3 is 6.18 Å². The van der Waals surface area contributed by atoms with E-state index in [1.807, 2.05) is 32.0 Å². The molecule has 0 radical (unpaired) electrons. The lowest BCUT2D eigenvalue weighted by molar-refractivity contribution is -0.137. The van der Waals surface area contributed by atoms with Crippen LogP contribution in [0.2, 0.25) is 0 Å². The van der Waals surface area contributed by atoms with E-state index in [0.717, 1.165) is 25.9 Å². The molecule has 1 aliphatic rings. The molecule has 1 aromatic carbocycles. The van der Waals surface area contributed by atoms with Crippen molar-refractivity contribution >= 4 is 5.65 Å². The normalized spacial score (nSPS) is 20.1. The summed E-state index contributed by atoms with van der Waals surface area (Å²) in [5.74, 6) is 0.446. The summed E-state index contributed by atoms with van der Waals surface area (Å²) in [6.45, 7) is 9.61. The quantitative estimate of drug-likeness (QED) is 0.552. The maximum Gasteiger partial charge on any atom is 0.420 e. The monoisotopic (exact) mass is 418 g/mol. The second-order valence-electron chi connectivity index (χ2n) is 7.90. The average Bonchev–Trinajstić information content (AvgIpc) is 3.10. The SMILES string of the molecule is CC.Cc1nnc2c(C(F)(F)F)c(CN3CCCC(C)(c4ccccc4)C3)ccn12. The Kier molecular flexibility index (Phi) is 6.50. The van der Waals surface area contributed by atoms with Crippen LogP contribution in [-0.4, -0.2) is 32.6 Å². The summed E-state index contributed by atoms with van der Waals surface area (Å²) in [4.78, 5) is 2.13. The van der Waals surface area contributed by atoms with Gasteiger partial charge in [0.1, 0.15) is 11.4 Å². The Morgan fingerprint density at radius 2 is 1.77 bits per heavy atom. The third-order valence-electron chi connectivity index (χ3n) is 5.76. The number of hydrogen-bond acceptors (Lipinski definition) is 3. The molecule has 0 N–H and O–H groups in total. The van der Waals surface area contributed by atoms with Crippen molar-refractivity contribution in [3.8, 4) is 0 Å². The highest BCUT2D eigenvalue weighted by atomic mass is 19.4. The van der Waals surface area contributed by atoms with Crippen LogP contribution in [0.1, 0.15) is 56.1 Å². The number of aryl methyl sites for hydroxylation is 1. The van der Waals surface area contributed by atoms with Crippen molar-refractivity contribution in [1.82, 2.24) is 19.5 Å². The van der Waals surface area contributed by atoms with Gasteiger partial charge in [0.2, 0.25) is 0 Å². The summed E-state index contributed by atoms with van der Waals surface area (Å²) in [7, 11) is 0. The molecule has 30 heavy (non-hydrogen) atoms. The van der Waals surface area contributed by atoms with Crippen LogP contribution in [0.15, 0.2) is 42.6 Å². The first-order chi connectivity index (χ1) is 14.3. The number of hydrogen-bond donors (Lipinski definition) is 0. The second-order valence-corrected chi connectivity index (χ2v) is 7.90. The first-order valence-electron chi connectivity index (χ1n) is 10.5. The van der Waals surface area contributed by atoms with Crippen LogP contribution in [0.25, 0.3) is 5.65 Å². The van der Waals surface area contributed by atoms with Crippen LogP contribution in [0.4, 0.5) is 13.2 Å². The van der Waals surface area contributed by atoms with Crippen LogP contribution in [-0.2, 0) is 18.1 Å². The minimum atomic E-state index is -4.48. The number of halogens is 3. The summed E-state index contributed by atoms with van der Waals surface area (Å²) >= 11 is 0. The van der Waals surface area contributed by atoms with Gasteiger partial charge in [-0.2, -0.15) is 13.2 Å². The van der Waals surface area contributed by atoms with Gasteiger partial charge in [-0.1, -0.05) is 51.1 Å². The molecule has 4 nitrogen and oxygen atoms in total. The smallest absolute Gasteiger partial charge is 0.298 e. The number of nitrogens with zero attached hydrogens (tertiary/aromatic N) is 4. The highest BCUT2D eigenvalue weighted by Crippen LogP contribution is 2.38. The van der Waals surface area contributed by atoms with E-state index in [1.54, 1.807) is 19.2 Å². The van der Waals surface area contributed by atoms with E-state index in [4.69, 9.17) is 0 Å². The van der Waals surface area contributed by atoms with E-state index in [2.05, 4.69) is 34.2 Å². The van der Waals surface area contributed by atoms with Crippen molar-refractivity contribution < 1.29 is 13.2 Å². The number of piperidine rings is 1. The number of pyridine rings is 1. The molecule has 3 aromatic rings. The van der Waals surface area contributed by atoms with E-state index < -0.39 is 11.7 Å². The average molecular weight is 419 g/mol. The lowest BCUT2D eigenvalue weighted by Crippen LogP contribution is -2.44. The lowest BCUT2D eigenvalue weighted by Gasteiger charge is -2.41. The molecular weight excluding hydrogens is 389 g/mol. The Morgan fingerprint density at radius 3 is 2.43 bits per heavy atom. The molecule has 0 aliphatic carbocycles. The molecule has 0 saturated carbocycles. The highest BCUT2D eigenvalue weighted by molar-refractivity contribution is 5.53. The van der Waals surface area contributed by atoms with Gasteiger partial charge in [0, 0.05) is 24.7 Å². The molecule has 2 aromatic heterocycles. The van der Waals surface area contributed by atoms with Crippen molar-refractivity contribution in [2.45, 2.75) is 58.7 Å². The Hall–Kier alpha value is -2.41. The molecular formula is C23H29F3N4. The van der Waals surface area contributed by atoms with E-state index in [0.29, 0.717) is 5.82 Å². The van der Waals surface area contributed by atoms with Gasteiger partial charge in [-0.15, -0.1) is 10.2 Å².